The predicted molar refractivity (Wildman–Crippen MR) is 90.8 cm³/mol. The number of esters is 1. The molecule has 0 saturated heterocycles. The van der Waals surface area contributed by atoms with Gasteiger partial charge in [0.25, 0.3) is 0 Å². The highest BCUT2D eigenvalue weighted by molar-refractivity contribution is 5.93. The van der Waals surface area contributed by atoms with Gasteiger partial charge in [-0.05, 0) is 17.7 Å². The van der Waals surface area contributed by atoms with Gasteiger partial charge in [0.2, 0.25) is 11.2 Å². The van der Waals surface area contributed by atoms with Gasteiger partial charge in [-0.25, -0.2) is 0 Å². The third kappa shape index (κ3) is 2.77. The van der Waals surface area contributed by atoms with Gasteiger partial charge in [0.05, 0.1) is 12.7 Å². The molecule has 0 aliphatic rings. The first-order chi connectivity index (χ1) is 12.3. The van der Waals surface area contributed by atoms with E-state index in [4.69, 9.17) is 13.9 Å². The average molecular weight is 358 g/mol. The predicted octanol–water partition coefficient (Wildman–Crippen LogP) is 2.51. The summed E-state index contributed by atoms with van der Waals surface area (Å²) in [7, 11) is 1.30. The van der Waals surface area contributed by atoms with Crippen LogP contribution in [-0.4, -0.2) is 28.4 Å². The lowest BCUT2D eigenvalue weighted by molar-refractivity contribution is -0.132. The van der Waals surface area contributed by atoms with Gasteiger partial charge in [-0.15, -0.1) is 0 Å². The van der Waals surface area contributed by atoms with Crippen LogP contribution >= 0.6 is 0 Å². The van der Waals surface area contributed by atoms with Gasteiger partial charge in [-0.1, -0.05) is 6.07 Å². The minimum absolute atomic E-state index is 0.0230. The first kappa shape index (κ1) is 17.2. The molecular weight excluding hydrogens is 344 g/mol. The summed E-state index contributed by atoms with van der Waals surface area (Å²) in [6, 6.07) is 4.90. The van der Waals surface area contributed by atoms with Crippen molar-refractivity contribution >= 4 is 16.9 Å². The van der Waals surface area contributed by atoms with Crippen molar-refractivity contribution in [3.63, 3.8) is 0 Å². The van der Waals surface area contributed by atoms with Crippen molar-refractivity contribution < 1.29 is 34.0 Å². The largest absolute Gasteiger partial charge is 0.507 e. The van der Waals surface area contributed by atoms with Crippen molar-refractivity contribution in [1.29, 1.82) is 0 Å². The zero-order chi connectivity index (χ0) is 19.0. The number of rotatable bonds is 3. The monoisotopic (exact) mass is 358 g/mol. The molecule has 1 aromatic heterocycles. The van der Waals surface area contributed by atoms with E-state index in [0.29, 0.717) is 0 Å². The number of phenolic OH excluding ortho intramolecular Hbond substituents is 3. The highest BCUT2D eigenvalue weighted by atomic mass is 16.6. The van der Waals surface area contributed by atoms with Crippen molar-refractivity contribution in [2.24, 2.45) is 0 Å². The molecule has 2 aromatic carbocycles. The van der Waals surface area contributed by atoms with E-state index in [-0.39, 0.29) is 39.3 Å². The number of aromatic hydroxyl groups is 3. The van der Waals surface area contributed by atoms with Crippen LogP contribution in [0.5, 0.6) is 28.7 Å². The molecule has 8 nitrogen and oxygen atoms in total. The molecule has 1 heterocycles. The van der Waals surface area contributed by atoms with Crippen LogP contribution in [0.3, 0.4) is 0 Å². The van der Waals surface area contributed by atoms with Gasteiger partial charge in [0, 0.05) is 13.0 Å². The summed E-state index contributed by atoms with van der Waals surface area (Å²) >= 11 is 0. The summed E-state index contributed by atoms with van der Waals surface area (Å²) in [4.78, 5) is 24.0. The second kappa shape index (κ2) is 6.32. The second-order valence-corrected chi connectivity index (χ2v) is 5.41. The Morgan fingerprint density at radius 1 is 1.08 bits per heavy atom. The lowest BCUT2D eigenvalue weighted by atomic mass is 10.0. The summed E-state index contributed by atoms with van der Waals surface area (Å²) in [5.74, 6) is -1.96. The molecule has 0 aliphatic carbocycles. The van der Waals surface area contributed by atoms with Gasteiger partial charge in [-0.3, -0.25) is 9.59 Å². The first-order valence-electron chi connectivity index (χ1n) is 7.39. The topological polar surface area (TPSA) is 126 Å². The highest BCUT2D eigenvalue weighted by Crippen LogP contribution is 2.41. The Labute approximate surface area is 146 Å². The number of ether oxygens (including phenoxy) is 2. The van der Waals surface area contributed by atoms with Gasteiger partial charge >= 0.3 is 5.97 Å². The first-order valence-corrected chi connectivity index (χ1v) is 7.39. The molecule has 0 aliphatic heterocycles. The highest BCUT2D eigenvalue weighted by Gasteiger charge is 2.22. The molecule has 8 heteroatoms. The van der Waals surface area contributed by atoms with E-state index in [1.54, 1.807) is 0 Å². The minimum atomic E-state index is -0.638. The molecule has 3 aromatic rings. The van der Waals surface area contributed by atoms with E-state index in [1.807, 2.05) is 0 Å². The fourth-order valence-electron chi connectivity index (χ4n) is 2.56. The Balaban J connectivity index is 2.30. The zero-order valence-electron chi connectivity index (χ0n) is 13.8. The molecule has 0 atom stereocenters. The molecular formula is C18H14O8. The minimum Gasteiger partial charge on any atom is -0.507 e. The maximum Gasteiger partial charge on any atom is 0.308 e. The van der Waals surface area contributed by atoms with Gasteiger partial charge in [-0.2, -0.15) is 0 Å². The fourth-order valence-corrected chi connectivity index (χ4v) is 2.56. The maximum atomic E-state index is 12.8. The molecule has 0 bridgehead atoms. The van der Waals surface area contributed by atoms with Crippen LogP contribution in [0.2, 0.25) is 0 Å². The van der Waals surface area contributed by atoms with E-state index in [9.17, 15) is 24.9 Å². The average Bonchev–Trinajstić information content (AvgIpc) is 2.57. The molecule has 26 heavy (non-hydrogen) atoms. The number of carbonyl (C=O) groups excluding carboxylic acids is 1. The number of hydrogen-bond acceptors (Lipinski definition) is 8. The summed E-state index contributed by atoms with van der Waals surface area (Å²) in [6.07, 6.45) is 1.12. The Kier molecular flexibility index (Phi) is 4.17. The third-order valence-corrected chi connectivity index (χ3v) is 3.69. The smallest absolute Gasteiger partial charge is 0.308 e. The molecule has 0 saturated carbocycles. The van der Waals surface area contributed by atoms with E-state index in [0.717, 1.165) is 12.3 Å². The van der Waals surface area contributed by atoms with Crippen molar-refractivity contribution in [1.82, 2.24) is 0 Å². The van der Waals surface area contributed by atoms with Crippen molar-refractivity contribution in [3.8, 4) is 39.9 Å². The summed E-state index contributed by atoms with van der Waals surface area (Å²) < 4.78 is 15.6. The Hall–Kier alpha value is -3.68. The summed E-state index contributed by atoms with van der Waals surface area (Å²) in [5, 5.41) is 29.1. The molecule has 0 spiro atoms. The van der Waals surface area contributed by atoms with Gasteiger partial charge in [0.1, 0.15) is 17.4 Å². The van der Waals surface area contributed by atoms with E-state index in [2.05, 4.69) is 0 Å². The lowest BCUT2D eigenvalue weighted by Gasteiger charge is -2.12. The fraction of sp³-hybridized carbons (Fsp3) is 0.111. The molecule has 134 valence electrons. The van der Waals surface area contributed by atoms with Crippen LogP contribution in [-0.2, 0) is 4.79 Å². The molecule has 3 N–H and O–H groups in total. The number of hydrogen-bond donors (Lipinski definition) is 3. The number of methoxy groups -OCH3 is 1. The van der Waals surface area contributed by atoms with Gasteiger partial charge in [0.15, 0.2) is 22.8 Å². The molecule has 0 amide bonds. The van der Waals surface area contributed by atoms with Crippen molar-refractivity contribution in [3.05, 3.63) is 40.8 Å². The number of benzene rings is 2. The van der Waals surface area contributed by atoms with Crippen LogP contribution in [0, 0.1) is 0 Å². The Morgan fingerprint density at radius 3 is 2.42 bits per heavy atom. The molecule has 0 unspecified atom stereocenters. The quantitative estimate of drug-likeness (QED) is 0.370. The lowest BCUT2D eigenvalue weighted by Crippen LogP contribution is -2.08. The van der Waals surface area contributed by atoms with E-state index >= 15 is 0 Å². The van der Waals surface area contributed by atoms with Crippen LogP contribution in [0.15, 0.2) is 39.7 Å². The third-order valence-electron chi connectivity index (χ3n) is 3.69. The number of phenols is 3. The Morgan fingerprint density at radius 2 is 1.81 bits per heavy atom. The van der Waals surface area contributed by atoms with Crippen LogP contribution in [0.4, 0.5) is 0 Å². The molecule has 0 fully saturated rings. The normalized spacial score (nSPS) is 10.7. The van der Waals surface area contributed by atoms with E-state index < -0.39 is 22.9 Å². The standard InChI is InChI=1S/C18H14O8/c1-8(19)26-14-6-13(22)15-16(23)10(7-25-18(15)17(14)24-2)9-3-4-11(20)12(21)5-9/h3-7,20-22H,1-2H3. The summed E-state index contributed by atoms with van der Waals surface area (Å²) in [6.45, 7) is 1.18. The van der Waals surface area contributed by atoms with Crippen LogP contribution in [0.1, 0.15) is 6.92 Å². The second-order valence-electron chi connectivity index (χ2n) is 5.41. The maximum absolute atomic E-state index is 12.8. The zero-order valence-corrected chi connectivity index (χ0v) is 13.8. The molecule has 3 rings (SSSR count). The SMILES string of the molecule is COc1c(OC(C)=O)cc(O)c2c(=O)c(-c3ccc(O)c(O)c3)coc12. The summed E-state index contributed by atoms with van der Waals surface area (Å²) in [5.41, 5.74) is -0.370. The van der Waals surface area contributed by atoms with Crippen molar-refractivity contribution in [2.45, 2.75) is 6.92 Å². The van der Waals surface area contributed by atoms with Crippen molar-refractivity contribution in [2.75, 3.05) is 7.11 Å². The number of fused-ring (bicyclic) bond motifs is 1. The Bertz CT molecular complexity index is 1080. The van der Waals surface area contributed by atoms with E-state index in [1.165, 1.54) is 32.2 Å². The van der Waals surface area contributed by atoms with Crippen LogP contribution < -0.4 is 14.9 Å². The van der Waals surface area contributed by atoms with Gasteiger partial charge < -0.3 is 29.2 Å². The molecule has 0 radical (unpaired) electrons. The number of carbonyl (C=O) groups is 1. The van der Waals surface area contributed by atoms with Crippen LogP contribution in [0.25, 0.3) is 22.1 Å².